The topological polar surface area (TPSA) is 62.2 Å². The number of aliphatic hydroxyl groups excluding tert-OH is 1. The van der Waals surface area contributed by atoms with Crippen molar-refractivity contribution in [1.82, 2.24) is 4.98 Å². The molecule has 0 unspecified atom stereocenters. The zero-order valence-electron chi connectivity index (χ0n) is 12.1. The summed E-state index contributed by atoms with van der Waals surface area (Å²) in [5, 5.41) is 14.0. The molecule has 0 radical (unpaired) electrons. The number of hydrogen-bond donors (Lipinski definition) is 2. The van der Waals surface area contributed by atoms with Crippen LogP contribution < -0.4 is 5.32 Å². The van der Waals surface area contributed by atoms with Crippen molar-refractivity contribution in [1.29, 1.82) is 0 Å². The number of hydrogen-bond acceptors (Lipinski definition) is 5. The molecule has 0 fully saturated rings. The van der Waals surface area contributed by atoms with Gasteiger partial charge in [0.25, 0.3) is 5.91 Å². The van der Waals surface area contributed by atoms with Crippen LogP contribution in [0.25, 0.3) is 0 Å². The molecule has 4 nitrogen and oxygen atoms in total. The molecule has 0 aliphatic heterocycles. The van der Waals surface area contributed by atoms with E-state index in [1.165, 1.54) is 22.7 Å². The molecular formula is C15H16N2O2S2. The molecule has 6 heteroatoms. The summed E-state index contributed by atoms with van der Waals surface area (Å²) in [5.41, 5.74) is 0.929. The van der Waals surface area contributed by atoms with Gasteiger partial charge in [-0.3, -0.25) is 10.1 Å². The minimum atomic E-state index is -0.188. The molecule has 2 N–H and O–H groups in total. The van der Waals surface area contributed by atoms with E-state index in [4.69, 9.17) is 5.11 Å². The van der Waals surface area contributed by atoms with Crippen LogP contribution in [0.15, 0.2) is 17.5 Å². The van der Waals surface area contributed by atoms with Crippen LogP contribution in [0.3, 0.4) is 0 Å². The molecule has 0 atom stereocenters. The number of carbonyl (C=O) groups excluding carboxylic acids is 1. The predicted octanol–water partition coefficient (Wildman–Crippen LogP) is 3.10. The second-order valence-electron chi connectivity index (χ2n) is 5.37. The zero-order valence-corrected chi connectivity index (χ0v) is 13.7. The molecule has 0 spiro atoms. The first-order chi connectivity index (χ1) is 9.90. The highest BCUT2D eigenvalue weighted by Crippen LogP contribution is 2.27. The van der Waals surface area contributed by atoms with Gasteiger partial charge in [0.2, 0.25) is 0 Å². The lowest BCUT2D eigenvalue weighted by Crippen LogP contribution is -2.13. The molecule has 0 aliphatic carbocycles. The van der Waals surface area contributed by atoms with Gasteiger partial charge < -0.3 is 5.11 Å². The Morgan fingerprint density at radius 3 is 2.81 bits per heavy atom. The van der Waals surface area contributed by atoms with E-state index in [1.54, 1.807) is 12.1 Å². The number of thiophene rings is 1. The largest absolute Gasteiger partial charge is 0.384 e. The number of anilines is 1. The van der Waals surface area contributed by atoms with Crippen molar-refractivity contribution in [3.05, 3.63) is 33.0 Å². The van der Waals surface area contributed by atoms with E-state index in [-0.39, 0.29) is 17.9 Å². The van der Waals surface area contributed by atoms with Crippen LogP contribution in [-0.4, -0.2) is 22.6 Å². The van der Waals surface area contributed by atoms with E-state index in [1.807, 2.05) is 5.38 Å². The Hall–Kier alpha value is -1.68. The Kier molecular flexibility index (Phi) is 4.78. The maximum Gasteiger partial charge on any atom is 0.267 e. The quantitative estimate of drug-likeness (QED) is 0.836. The average Bonchev–Trinajstić information content (AvgIpc) is 3.04. The van der Waals surface area contributed by atoms with E-state index in [9.17, 15) is 4.79 Å². The Morgan fingerprint density at radius 2 is 2.19 bits per heavy atom. The third-order valence-electron chi connectivity index (χ3n) is 2.61. The van der Waals surface area contributed by atoms with Crippen molar-refractivity contribution >= 4 is 33.7 Å². The lowest BCUT2D eigenvalue weighted by molar-refractivity contribution is 0.103. The third-order valence-corrected chi connectivity index (χ3v) is 4.37. The van der Waals surface area contributed by atoms with Gasteiger partial charge in [0, 0.05) is 10.8 Å². The first kappa shape index (κ1) is 15.7. The second kappa shape index (κ2) is 6.39. The summed E-state index contributed by atoms with van der Waals surface area (Å²) in [5.74, 6) is 5.16. The zero-order chi connectivity index (χ0) is 15.5. The van der Waals surface area contributed by atoms with Crippen molar-refractivity contribution < 1.29 is 9.90 Å². The molecule has 1 amide bonds. The van der Waals surface area contributed by atoms with Gasteiger partial charge in [-0.05, 0) is 12.1 Å². The number of aliphatic hydroxyl groups is 1. The van der Waals surface area contributed by atoms with E-state index in [0.29, 0.717) is 10.0 Å². The van der Waals surface area contributed by atoms with Gasteiger partial charge in [0.1, 0.15) is 6.61 Å². The summed E-state index contributed by atoms with van der Waals surface area (Å²) in [6.45, 7) is 6.06. The van der Waals surface area contributed by atoms with Gasteiger partial charge in [0.15, 0.2) is 5.13 Å². The Labute approximate surface area is 131 Å². The molecule has 2 rings (SSSR count). The molecule has 0 aliphatic rings. The molecule has 21 heavy (non-hydrogen) atoms. The van der Waals surface area contributed by atoms with E-state index in [0.717, 1.165) is 10.6 Å². The van der Waals surface area contributed by atoms with Gasteiger partial charge in [-0.15, -0.1) is 22.7 Å². The number of nitrogens with one attached hydrogen (secondary N) is 1. The minimum absolute atomic E-state index is 0.0323. The summed E-state index contributed by atoms with van der Waals surface area (Å²) >= 11 is 2.71. The van der Waals surface area contributed by atoms with Crippen molar-refractivity contribution in [3.8, 4) is 11.8 Å². The highest BCUT2D eigenvalue weighted by Gasteiger charge is 2.18. The molecule has 0 saturated heterocycles. The smallest absolute Gasteiger partial charge is 0.267 e. The second-order valence-corrected chi connectivity index (χ2v) is 7.31. The average molecular weight is 320 g/mol. The van der Waals surface area contributed by atoms with Crippen LogP contribution in [0.2, 0.25) is 0 Å². The standard InChI is InChI=1S/C15H16N2O2S2/c1-15(2,3)12-9-20-14(16-12)17-13(19)11-7-6-10(21-11)5-4-8-18/h6-7,9,18H,8H2,1-3H3,(H,16,17,19). The van der Waals surface area contributed by atoms with Crippen molar-refractivity contribution in [2.45, 2.75) is 26.2 Å². The van der Waals surface area contributed by atoms with Gasteiger partial charge in [-0.1, -0.05) is 32.6 Å². The minimum Gasteiger partial charge on any atom is -0.384 e. The summed E-state index contributed by atoms with van der Waals surface area (Å²) in [6.07, 6.45) is 0. The third kappa shape index (κ3) is 4.14. The summed E-state index contributed by atoms with van der Waals surface area (Å²) in [7, 11) is 0. The summed E-state index contributed by atoms with van der Waals surface area (Å²) in [4.78, 5) is 17.9. The van der Waals surface area contributed by atoms with Crippen LogP contribution in [0, 0.1) is 11.8 Å². The maximum absolute atomic E-state index is 12.1. The van der Waals surface area contributed by atoms with Crippen LogP contribution in [-0.2, 0) is 5.41 Å². The fraction of sp³-hybridized carbons (Fsp3) is 0.333. The first-order valence-corrected chi connectivity index (χ1v) is 8.06. The highest BCUT2D eigenvalue weighted by atomic mass is 32.1. The highest BCUT2D eigenvalue weighted by molar-refractivity contribution is 7.15. The van der Waals surface area contributed by atoms with E-state index >= 15 is 0 Å². The van der Waals surface area contributed by atoms with E-state index in [2.05, 4.69) is 42.9 Å². The predicted molar refractivity (Wildman–Crippen MR) is 87.1 cm³/mol. The van der Waals surface area contributed by atoms with Crippen LogP contribution in [0.1, 0.15) is 41.0 Å². The number of carbonyl (C=O) groups is 1. The van der Waals surface area contributed by atoms with Crippen LogP contribution in [0.5, 0.6) is 0 Å². The van der Waals surface area contributed by atoms with Gasteiger partial charge in [-0.2, -0.15) is 0 Å². The van der Waals surface area contributed by atoms with Crippen LogP contribution in [0.4, 0.5) is 5.13 Å². The van der Waals surface area contributed by atoms with Crippen molar-refractivity contribution in [2.24, 2.45) is 0 Å². The SMILES string of the molecule is CC(C)(C)c1csc(NC(=O)c2ccc(C#CCO)s2)n1. The van der Waals surface area contributed by atoms with Crippen molar-refractivity contribution in [2.75, 3.05) is 11.9 Å². The Balaban J connectivity index is 2.08. The molecule has 2 aromatic rings. The van der Waals surface area contributed by atoms with E-state index < -0.39 is 0 Å². The fourth-order valence-electron chi connectivity index (χ4n) is 1.49. The monoisotopic (exact) mass is 320 g/mol. The molecule has 2 aromatic heterocycles. The first-order valence-electron chi connectivity index (χ1n) is 6.37. The maximum atomic E-state index is 12.1. The molecule has 0 aromatic carbocycles. The molecular weight excluding hydrogens is 304 g/mol. The van der Waals surface area contributed by atoms with Gasteiger partial charge >= 0.3 is 0 Å². The van der Waals surface area contributed by atoms with Gasteiger partial charge in [-0.25, -0.2) is 4.98 Å². The normalized spacial score (nSPS) is 10.9. The Morgan fingerprint density at radius 1 is 1.43 bits per heavy atom. The van der Waals surface area contributed by atoms with Crippen LogP contribution >= 0.6 is 22.7 Å². The lowest BCUT2D eigenvalue weighted by Gasteiger charge is -2.14. The molecule has 0 saturated carbocycles. The fourth-order valence-corrected chi connectivity index (χ4v) is 3.20. The van der Waals surface area contributed by atoms with Gasteiger partial charge in [0.05, 0.1) is 15.4 Å². The Bertz CT molecular complexity index is 699. The van der Waals surface area contributed by atoms with Crippen molar-refractivity contribution in [3.63, 3.8) is 0 Å². The number of aromatic nitrogens is 1. The number of rotatable bonds is 2. The molecule has 110 valence electrons. The molecule has 0 bridgehead atoms. The lowest BCUT2D eigenvalue weighted by atomic mass is 9.93. The number of thiazole rings is 1. The number of amides is 1. The summed E-state index contributed by atoms with van der Waals surface area (Å²) in [6, 6.07) is 3.49. The number of nitrogens with zero attached hydrogens (tertiary/aromatic N) is 1. The summed E-state index contributed by atoms with van der Waals surface area (Å²) < 4.78 is 0. The molecule has 2 heterocycles.